The number of rotatable bonds is 5. The number of benzene rings is 1. The SMILES string of the molecule is Cc1ccc(C(O)CNC(C)c2ccnc(Cl)c2)cc1. The Morgan fingerprint density at radius 2 is 1.90 bits per heavy atom. The van der Waals surface area contributed by atoms with Gasteiger partial charge in [-0.05, 0) is 37.1 Å². The van der Waals surface area contributed by atoms with Crippen LogP contribution >= 0.6 is 11.6 Å². The van der Waals surface area contributed by atoms with Crippen molar-refractivity contribution in [1.82, 2.24) is 10.3 Å². The molecule has 0 saturated carbocycles. The fourth-order valence-corrected chi connectivity index (χ4v) is 2.18. The van der Waals surface area contributed by atoms with Crippen LogP contribution in [0.5, 0.6) is 0 Å². The Bertz CT molecular complexity index is 557. The molecule has 0 bridgehead atoms. The second-order valence-corrected chi connectivity index (χ2v) is 5.36. The normalized spacial score (nSPS) is 14.0. The molecule has 3 nitrogen and oxygen atoms in total. The highest BCUT2D eigenvalue weighted by molar-refractivity contribution is 6.29. The number of pyridine rings is 1. The van der Waals surface area contributed by atoms with Gasteiger partial charge >= 0.3 is 0 Å². The smallest absolute Gasteiger partial charge is 0.129 e. The molecule has 2 N–H and O–H groups in total. The summed E-state index contributed by atoms with van der Waals surface area (Å²) in [5.74, 6) is 0. The standard InChI is InChI=1S/C16H19ClN2O/c1-11-3-5-13(6-4-11)15(20)10-19-12(2)14-7-8-18-16(17)9-14/h3-9,12,15,19-20H,10H2,1-2H3. The number of hydrogen-bond donors (Lipinski definition) is 2. The van der Waals surface area contributed by atoms with Gasteiger partial charge in [0.1, 0.15) is 5.15 Å². The van der Waals surface area contributed by atoms with Crippen LogP contribution in [0.1, 0.15) is 35.8 Å². The van der Waals surface area contributed by atoms with Gasteiger partial charge in [-0.15, -0.1) is 0 Å². The maximum Gasteiger partial charge on any atom is 0.129 e. The van der Waals surface area contributed by atoms with E-state index in [1.807, 2.05) is 50.2 Å². The van der Waals surface area contributed by atoms with Crippen LogP contribution in [0.25, 0.3) is 0 Å². The maximum absolute atomic E-state index is 10.2. The lowest BCUT2D eigenvalue weighted by molar-refractivity contribution is 0.171. The first kappa shape index (κ1) is 15.0. The fraction of sp³-hybridized carbons (Fsp3) is 0.312. The number of aromatic nitrogens is 1. The van der Waals surface area contributed by atoms with Gasteiger partial charge in [-0.1, -0.05) is 41.4 Å². The van der Waals surface area contributed by atoms with Crippen LogP contribution in [0.15, 0.2) is 42.6 Å². The van der Waals surface area contributed by atoms with Crippen molar-refractivity contribution in [2.24, 2.45) is 0 Å². The molecule has 2 rings (SSSR count). The maximum atomic E-state index is 10.2. The predicted octanol–water partition coefficient (Wildman–Crippen LogP) is 3.43. The molecule has 0 aliphatic rings. The van der Waals surface area contributed by atoms with E-state index in [0.717, 1.165) is 11.1 Å². The molecular formula is C16H19ClN2O. The van der Waals surface area contributed by atoms with Gasteiger partial charge in [-0.25, -0.2) is 4.98 Å². The Hall–Kier alpha value is -1.42. The van der Waals surface area contributed by atoms with Crippen molar-refractivity contribution in [3.05, 3.63) is 64.4 Å². The average molecular weight is 291 g/mol. The minimum absolute atomic E-state index is 0.107. The molecule has 0 aliphatic carbocycles. The molecule has 1 aromatic heterocycles. The van der Waals surface area contributed by atoms with Crippen LogP contribution in [-0.2, 0) is 0 Å². The number of halogens is 1. The Labute approximate surface area is 124 Å². The second kappa shape index (κ2) is 6.84. The third-order valence-electron chi connectivity index (χ3n) is 3.33. The third-order valence-corrected chi connectivity index (χ3v) is 3.54. The highest BCUT2D eigenvalue weighted by Gasteiger charge is 2.10. The highest BCUT2D eigenvalue weighted by atomic mass is 35.5. The van der Waals surface area contributed by atoms with Crippen LogP contribution in [0, 0.1) is 6.92 Å². The predicted molar refractivity (Wildman–Crippen MR) is 81.8 cm³/mol. The van der Waals surface area contributed by atoms with Gasteiger partial charge in [0, 0.05) is 18.8 Å². The molecule has 1 heterocycles. The minimum atomic E-state index is -0.518. The van der Waals surface area contributed by atoms with Gasteiger partial charge in [0.05, 0.1) is 6.10 Å². The van der Waals surface area contributed by atoms with E-state index in [9.17, 15) is 5.11 Å². The monoisotopic (exact) mass is 290 g/mol. The summed E-state index contributed by atoms with van der Waals surface area (Å²) in [6, 6.07) is 11.8. The zero-order valence-electron chi connectivity index (χ0n) is 11.7. The van der Waals surface area contributed by atoms with E-state index >= 15 is 0 Å². The van der Waals surface area contributed by atoms with Crippen molar-refractivity contribution < 1.29 is 5.11 Å². The van der Waals surface area contributed by atoms with Crippen LogP contribution in [0.4, 0.5) is 0 Å². The summed E-state index contributed by atoms with van der Waals surface area (Å²) in [5.41, 5.74) is 3.16. The van der Waals surface area contributed by atoms with Gasteiger partial charge in [0.25, 0.3) is 0 Å². The van der Waals surface area contributed by atoms with Crippen LogP contribution in [-0.4, -0.2) is 16.6 Å². The van der Waals surface area contributed by atoms with Gasteiger partial charge in [0.15, 0.2) is 0 Å². The average Bonchev–Trinajstić information content (AvgIpc) is 2.45. The Morgan fingerprint density at radius 3 is 2.55 bits per heavy atom. The molecule has 2 unspecified atom stereocenters. The topological polar surface area (TPSA) is 45.1 Å². The Morgan fingerprint density at radius 1 is 1.20 bits per heavy atom. The third kappa shape index (κ3) is 4.04. The van der Waals surface area contributed by atoms with E-state index in [0.29, 0.717) is 11.7 Å². The molecule has 106 valence electrons. The zero-order chi connectivity index (χ0) is 14.5. The second-order valence-electron chi connectivity index (χ2n) is 4.97. The van der Waals surface area contributed by atoms with E-state index < -0.39 is 6.10 Å². The molecule has 0 spiro atoms. The lowest BCUT2D eigenvalue weighted by atomic mass is 10.1. The summed E-state index contributed by atoms with van der Waals surface area (Å²) in [4.78, 5) is 3.96. The van der Waals surface area contributed by atoms with E-state index in [1.165, 1.54) is 5.56 Å². The summed E-state index contributed by atoms with van der Waals surface area (Å²) in [5, 5.41) is 13.9. The van der Waals surface area contributed by atoms with Gasteiger partial charge < -0.3 is 10.4 Å². The lowest BCUT2D eigenvalue weighted by Crippen LogP contribution is -2.24. The van der Waals surface area contributed by atoms with Crippen LogP contribution < -0.4 is 5.32 Å². The van der Waals surface area contributed by atoms with E-state index in [-0.39, 0.29) is 6.04 Å². The highest BCUT2D eigenvalue weighted by Crippen LogP contribution is 2.17. The first-order chi connectivity index (χ1) is 9.56. The van der Waals surface area contributed by atoms with E-state index in [2.05, 4.69) is 10.3 Å². The fourth-order valence-electron chi connectivity index (χ4n) is 2.00. The molecule has 0 aliphatic heterocycles. The molecule has 4 heteroatoms. The van der Waals surface area contributed by atoms with Gasteiger partial charge in [0.2, 0.25) is 0 Å². The van der Waals surface area contributed by atoms with Crippen molar-refractivity contribution in [1.29, 1.82) is 0 Å². The summed E-state index contributed by atoms with van der Waals surface area (Å²) >= 11 is 5.87. The molecule has 0 saturated heterocycles. The van der Waals surface area contributed by atoms with Crippen molar-refractivity contribution in [3.63, 3.8) is 0 Å². The van der Waals surface area contributed by atoms with Crippen molar-refractivity contribution in [2.75, 3.05) is 6.54 Å². The number of aliphatic hydroxyl groups excluding tert-OH is 1. The number of aliphatic hydroxyl groups is 1. The van der Waals surface area contributed by atoms with E-state index in [1.54, 1.807) is 6.20 Å². The number of aryl methyl sites for hydroxylation is 1. The van der Waals surface area contributed by atoms with Crippen LogP contribution in [0.2, 0.25) is 5.15 Å². The molecule has 0 amide bonds. The Balaban J connectivity index is 1.93. The van der Waals surface area contributed by atoms with Crippen LogP contribution in [0.3, 0.4) is 0 Å². The number of nitrogens with zero attached hydrogens (tertiary/aromatic N) is 1. The summed E-state index contributed by atoms with van der Waals surface area (Å²) < 4.78 is 0. The van der Waals surface area contributed by atoms with E-state index in [4.69, 9.17) is 11.6 Å². The molecular weight excluding hydrogens is 272 g/mol. The molecule has 2 aromatic rings. The van der Waals surface area contributed by atoms with Crippen molar-refractivity contribution in [3.8, 4) is 0 Å². The molecule has 2 atom stereocenters. The Kier molecular flexibility index (Phi) is 5.12. The molecule has 1 aromatic carbocycles. The minimum Gasteiger partial charge on any atom is -0.387 e. The summed E-state index contributed by atoms with van der Waals surface area (Å²) in [6.45, 7) is 4.56. The lowest BCUT2D eigenvalue weighted by Gasteiger charge is -2.18. The number of nitrogens with one attached hydrogen (secondary N) is 1. The molecule has 0 fully saturated rings. The zero-order valence-corrected chi connectivity index (χ0v) is 12.4. The first-order valence-electron chi connectivity index (χ1n) is 6.65. The summed E-state index contributed by atoms with van der Waals surface area (Å²) in [6.07, 6.45) is 1.17. The van der Waals surface area contributed by atoms with Crippen molar-refractivity contribution in [2.45, 2.75) is 26.0 Å². The number of hydrogen-bond acceptors (Lipinski definition) is 3. The largest absolute Gasteiger partial charge is 0.387 e. The molecule has 0 radical (unpaired) electrons. The van der Waals surface area contributed by atoms with Gasteiger partial charge in [-0.2, -0.15) is 0 Å². The first-order valence-corrected chi connectivity index (χ1v) is 7.03. The van der Waals surface area contributed by atoms with Crippen molar-refractivity contribution >= 4 is 11.6 Å². The summed E-state index contributed by atoms with van der Waals surface area (Å²) in [7, 11) is 0. The quantitative estimate of drug-likeness (QED) is 0.829. The molecule has 20 heavy (non-hydrogen) atoms. The van der Waals surface area contributed by atoms with Gasteiger partial charge in [-0.3, -0.25) is 0 Å².